The lowest BCUT2D eigenvalue weighted by Crippen LogP contribution is -2.46. The van der Waals surface area contributed by atoms with Gasteiger partial charge >= 0.3 is 11.9 Å². The standard InChI is InChI=1S/C34H30N2O6.C34H26N2O4/c37-31(35-17-5-1-2-6-17)23-13-9-19-22-12-16-26(34(41)42)30-24(32(38)36-18-7-3-4-8-18)14-10-20(28(22)30)21-11-15-25(33(39)40)29(23)27(19)21;37-31-23-13-9-19-21-11-15-25-30-26(34(40)36(33(25)39)18-7-3-4-8-18)16-12-22(28(21)30)20-10-14-24(29(23)27(19)20)32(38)35(31)17-5-1-2-6-17/h9-18H,1-8H2,(H,35,37)(H,36,38)(H,39,40)(H,41,42);9-18H,1-8H2. The summed E-state index contributed by atoms with van der Waals surface area (Å²) in [4.78, 5) is 110. The number of carboxylic acid groups (broad SMARTS) is 2. The van der Waals surface area contributed by atoms with Crippen LogP contribution in [0.4, 0.5) is 0 Å². The third kappa shape index (κ3) is 7.24. The minimum Gasteiger partial charge on any atom is -0.478 e. The number of nitrogens with zero attached hydrogens (tertiary/aromatic N) is 2. The van der Waals surface area contributed by atoms with E-state index in [4.69, 9.17) is 0 Å². The minimum absolute atomic E-state index is 0.0292. The van der Waals surface area contributed by atoms with E-state index in [0.717, 1.165) is 146 Å². The Balaban J connectivity index is 0.000000141. The van der Waals surface area contributed by atoms with Gasteiger partial charge in [-0.15, -0.1) is 0 Å². The Morgan fingerprint density at radius 3 is 0.841 bits per heavy atom. The van der Waals surface area contributed by atoms with Gasteiger partial charge in [0.05, 0.1) is 11.1 Å². The van der Waals surface area contributed by atoms with Crippen LogP contribution in [0.1, 0.15) is 186 Å². The molecule has 0 atom stereocenters. The second-order valence-corrected chi connectivity index (χ2v) is 23.6. The van der Waals surface area contributed by atoms with Crippen LogP contribution < -0.4 is 10.6 Å². The first kappa shape index (κ1) is 50.0. The smallest absolute Gasteiger partial charge is 0.336 e. The van der Waals surface area contributed by atoms with Crippen LogP contribution in [0.25, 0.3) is 86.2 Å². The molecule has 10 aromatic rings. The first-order valence-electron chi connectivity index (χ1n) is 29.1. The molecular weight excluding hydrogens is 1030 g/mol. The molecular formula is C68H56N4O10. The average molecular weight is 1090 g/mol. The number of rotatable bonds is 8. The molecule has 4 aliphatic carbocycles. The van der Waals surface area contributed by atoms with Crippen LogP contribution in [-0.2, 0) is 0 Å². The van der Waals surface area contributed by atoms with Crippen LogP contribution in [0.5, 0.6) is 0 Å². The molecule has 10 aromatic carbocycles. The third-order valence-electron chi connectivity index (χ3n) is 19.3. The number of hydrogen-bond donors (Lipinski definition) is 4. The number of carbonyl (C=O) groups excluding carboxylic acids is 6. The van der Waals surface area contributed by atoms with Gasteiger partial charge in [-0.3, -0.25) is 38.6 Å². The number of carboxylic acids is 2. The van der Waals surface area contributed by atoms with Crippen molar-refractivity contribution in [1.29, 1.82) is 0 Å². The van der Waals surface area contributed by atoms with Gasteiger partial charge in [0.1, 0.15) is 0 Å². The third-order valence-corrected chi connectivity index (χ3v) is 19.3. The molecule has 4 N–H and O–H groups in total. The van der Waals surface area contributed by atoms with E-state index in [9.17, 15) is 48.6 Å². The molecule has 14 nitrogen and oxygen atoms in total. The summed E-state index contributed by atoms with van der Waals surface area (Å²) in [5.41, 5.74) is 2.97. The van der Waals surface area contributed by atoms with Crippen molar-refractivity contribution in [2.24, 2.45) is 0 Å². The zero-order chi connectivity index (χ0) is 56.0. The van der Waals surface area contributed by atoms with Crippen molar-refractivity contribution in [3.63, 3.8) is 0 Å². The van der Waals surface area contributed by atoms with Crippen LogP contribution in [0.3, 0.4) is 0 Å². The summed E-state index contributed by atoms with van der Waals surface area (Å²) in [5.74, 6) is -3.68. The van der Waals surface area contributed by atoms with Gasteiger partial charge in [0.15, 0.2) is 0 Å². The molecule has 4 fully saturated rings. The molecule has 14 heteroatoms. The fraction of sp³-hybridized carbons (Fsp3) is 0.294. The van der Waals surface area contributed by atoms with E-state index in [2.05, 4.69) is 10.6 Å². The summed E-state index contributed by atoms with van der Waals surface area (Å²) < 4.78 is 0. The summed E-state index contributed by atoms with van der Waals surface area (Å²) in [5, 5.41) is 38.3. The van der Waals surface area contributed by atoms with Gasteiger partial charge in [-0.1, -0.05) is 99.9 Å². The maximum absolute atomic E-state index is 13.7. The second-order valence-electron chi connectivity index (χ2n) is 23.6. The quantitative estimate of drug-likeness (QED) is 0.0643. The van der Waals surface area contributed by atoms with Crippen molar-refractivity contribution in [3.05, 3.63) is 142 Å². The average Bonchev–Trinajstić information content (AvgIpc) is 1.06. The number of nitrogens with one attached hydrogen (secondary N) is 2. The molecule has 408 valence electrons. The molecule has 0 radical (unpaired) electrons. The van der Waals surface area contributed by atoms with Crippen LogP contribution in [0, 0.1) is 0 Å². The number of amides is 6. The van der Waals surface area contributed by atoms with Crippen LogP contribution in [0.2, 0.25) is 0 Å². The SMILES string of the molecule is O=C(O)c1ccc2c3ccc(C(=O)NC4CCCC4)c4c(C(=O)O)ccc(c5ccc(C(=O)NC6CCCC6)c1c25)c43.O=C1c2ccc3c4ccc5c6c(ccc(c7ccc(c2c37)C(=O)N1C1CCCC1)c64)C(=O)N(C1CCCC1)C5=O. The van der Waals surface area contributed by atoms with Gasteiger partial charge in [0, 0.05) is 79.1 Å². The molecule has 82 heavy (non-hydrogen) atoms. The van der Waals surface area contributed by atoms with E-state index in [0.29, 0.717) is 76.5 Å². The highest BCUT2D eigenvalue weighted by molar-refractivity contribution is 6.42. The Bertz CT molecular complexity index is 4110. The summed E-state index contributed by atoms with van der Waals surface area (Å²) >= 11 is 0. The van der Waals surface area contributed by atoms with E-state index < -0.39 is 11.9 Å². The number of carbonyl (C=O) groups is 8. The van der Waals surface area contributed by atoms with Crippen molar-refractivity contribution in [2.75, 3.05) is 0 Å². The fourth-order valence-electron chi connectivity index (χ4n) is 15.6. The first-order chi connectivity index (χ1) is 39.9. The van der Waals surface area contributed by atoms with Gasteiger partial charge < -0.3 is 20.8 Å². The Hall–Kier alpha value is -9.04. The molecule has 0 aromatic heterocycles. The predicted molar refractivity (Wildman–Crippen MR) is 314 cm³/mol. The molecule has 6 amide bonds. The maximum Gasteiger partial charge on any atom is 0.336 e. The lowest BCUT2D eigenvalue weighted by atomic mass is 9.82. The zero-order valence-electron chi connectivity index (χ0n) is 44.9. The van der Waals surface area contributed by atoms with Crippen molar-refractivity contribution in [3.8, 4) is 0 Å². The zero-order valence-corrected chi connectivity index (χ0v) is 44.9. The summed E-state index contributed by atoms with van der Waals surface area (Å²) in [7, 11) is 0. The Kier molecular flexibility index (Phi) is 11.4. The molecule has 2 aliphatic heterocycles. The van der Waals surface area contributed by atoms with Crippen LogP contribution in [-0.4, -0.2) is 91.6 Å². The normalized spacial score (nSPS) is 18.1. The van der Waals surface area contributed by atoms with Crippen molar-refractivity contribution >= 4 is 134 Å². The summed E-state index contributed by atoms with van der Waals surface area (Å²) in [6.45, 7) is 0. The number of benzene rings is 10. The van der Waals surface area contributed by atoms with Gasteiger partial charge in [-0.25, -0.2) is 9.59 Å². The Labute approximate surface area is 469 Å². The lowest BCUT2D eigenvalue weighted by molar-refractivity contribution is 0.0526. The van der Waals surface area contributed by atoms with Crippen LogP contribution >= 0.6 is 0 Å². The highest BCUT2D eigenvalue weighted by Crippen LogP contribution is 2.49. The van der Waals surface area contributed by atoms with Crippen molar-refractivity contribution < 1.29 is 48.6 Å². The highest BCUT2D eigenvalue weighted by Gasteiger charge is 2.42. The Morgan fingerprint density at radius 1 is 0.317 bits per heavy atom. The van der Waals surface area contributed by atoms with Gasteiger partial charge in [0.2, 0.25) is 0 Å². The first-order valence-corrected chi connectivity index (χ1v) is 29.1. The largest absolute Gasteiger partial charge is 0.478 e. The molecule has 0 saturated heterocycles. The fourth-order valence-corrected chi connectivity index (χ4v) is 15.6. The van der Waals surface area contributed by atoms with Gasteiger partial charge in [0.25, 0.3) is 35.4 Å². The summed E-state index contributed by atoms with van der Waals surface area (Å²) in [6, 6.07) is 28.8. The van der Waals surface area contributed by atoms with Crippen molar-refractivity contribution in [1.82, 2.24) is 20.4 Å². The van der Waals surface area contributed by atoms with Crippen molar-refractivity contribution in [2.45, 2.75) is 127 Å². The molecule has 0 bridgehead atoms. The molecule has 4 saturated carbocycles. The molecule has 16 rings (SSSR count). The van der Waals surface area contributed by atoms with Crippen LogP contribution in [0.15, 0.2) is 97.1 Å². The number of aromatic carboxylic acids is 2. The van der Waals surface area contributed by atoms with E-state index >= 15 is 0 Å². The molecule has 0 spiro atoms. The van der Waals surface area contributed by atoms with Gasteiger partial charge in [-0.05, 0) is 165 Å². The lowest BCUT2D eigenvalue weighted by Gasteiger charge is -2.33. The minimum atomic E-state index is -1.13. The predicted octanol–water partition coefficient (Wildman–Crippen LogP) is 13.3. The molecule has 6 aliphatic rings. The van der Waals surface area contributed by atoms with E-state index in [1.807, 2.05) is 60.7 Å². The van der Waals surface area contributed by atoms with Gasteiger partial charge in [-0.2, -0.15) is 0 Å². The molecule has 2 heterocycles. The second kappa shape index (κ2) is 18.8. The maximum atomic E-state index is 13.7. The highest BCUT2D eigenvalue weighted by atomic mass is 16.4. The topological polar surface area (TPSA) is 208 Å². The van der Waals surface area contributed by atoms with E-state index in [-0.39, 0.29) is 70.7 Å². The number of hydrogen-bond acceptors (Lipinski definition) is 8. The molecule has 0 unspecified atom stereocenters. The monoisotopic (exact) mass is 1090 g/mol. The van der Waals surface area contributed by atoms with E-state index in [1.165, 1.54) is 21.9 Å². The Morgan fingerprint density at radius 2 is 0.561 bits per heavy atom. The number of imide groups is 2. The summed E-state index contributed by atoms with van der Waals surface area (Å²) in [6.07, 6.45) is 15.4. The van der Waals surface area contributed by atoms with E-state index in [1.54, 1.807) is 24.3 Å². The number of fused-ring (bicyclic) bond motifs is 4.